The summed E-state index contributed by atoms with van der Waals surface area (Å²) < 4.78 is 13.6. The number of benzene rings is 7. The fourth-order valence-corrected chi connectivity index (χ4v) is 9.94. The van der Waals surface area contributed by atoms with Gasteiger partial charge in [-0.1, -0.05) is 142 Å². The van der Waals surface area contributed by atoms with Gasteiger partial charge in [0.1, 0.15) is 17.3 Å². The van der Waals surface area contributed by atoms with Crippen molar-refractivity contribution in [3.63, 3.8) is 0 Å². The number of imidazole rings is 1. The Bertz CT molecular complexity index is 3500. The highest BCUT2D eigenvalue weighted by Crippen LogP contribution is 2.40. The first kappa shape index (κ1) is 37.8. The lowest BCUT2D eigenvalue weighted by molar-refractivity contribution is -0.580. The zero-order valence-corrected chi connectivity index (χ0v) is 36.2. The number of para-hydroxylation sites is 2. The number of rotatable bonds is 5. The van der Waals surface area contributed by atoms with E-state index in [1.807, 2.05) is 12.3 Å². The molecule has 7 aromatic carbocycles. The summed E-state index contributed by atoms with van der Waals surface area (Å²) in [5.74, 6) is 2.36. The van der Waals surface area contributed by atoms with Gasteiger partial charge < -0.3 is 9.55 Å². The topological polar surface area (TPSA) is 39.1 Å². The van der Waals surface area contributed by atoms with Crippen molar-refractivity contribution < 1.29 is 9.30 Å². The molecule has 0 unspecified atom stereocenters. The Morgan fingerprint density at radius 1 is 0.609 bits per heavy atom. The van der Waals surface area contributed by atoms with Crippen LogP contribution in [0.15, 0.2) is 188 Å². The van der Waals surface area contributed by atoms with Gasteiger partial charge in [-0.3, -0.25) is 13.7 Å². The fourth-order valence-electron chi connectivity index (χ4n) is 9.94. The van der Waals surface area contributed by atoms with Gasteiger partial charge in [-0.25, -0.2) is 4.98 Å². The molecule has 0 fully saturated rings. The van der Waals surface area contributed by atoms with Crippen LogP contribution < -0.4 is 20.4 Å². The molecular weight excluding hydrogens is 781 g/mol. The van der Waals surface area contributed by atoms with Crippen LogP contribution in [0.5, 0.6) is 11.5 Å². The molecule has 6 nitrogen and oxygen atoms in total. The van der Waals surface area contributed by atoms with Crippen molar-refractivity contribution in [3.8, 4) is 62.1 Å². The van der Waals surface area contributed by atoms with E-state index in [2.05, 4.69) is 235 Å². The number of fused-ring (bicyclic) bond motifs is 10. The van der Waals surface area contributed by atoms with Gasteiger partial charge in [0.15, 0.2) is 0 Å². The summed E-state index contributed by atoms with van der Waals surface area (Å²) >= 11 is 0. The maximum Gasteiger partial charge on any atom is 0.320 e. The first-order chi connectivity index (χ1) is 31.3. The molecule has 10 aromatic rings. The van der Waals surface area contributed by atoms with Crippen LogP contribution >= 0.6 is 0 Å². The van der Waals surface area contributed by atoms with Crippen LogP contribution in [0.25, 0.3) is 78.5 Å². The number of hydrogen-bond acceptors (Lipinski definition) is 3. The zero-order chi connectivity index (χ0) is 43.1. The molecule has 0 aliphatic carbocycles. The molecule has 0 saturated carbocycles. The molecule has 0 saturated heterocycles. The summed E-state index contributed by atoms with van der Waals surface area (Å²) in [5, 5.41) is 2.33. The predicted octanol–water partition coefficient (Wildman–Crippen LogP) is 11.5. The number of aromatic nitrogens is 4. The molecule has 5 heterocycles. The Kier molecular flexibility index (Phi) is 8.63. The second kappa shape index (κ2) is 14.6. The van der Waals surface area contributed by atoms with Crippen LogP contribution in [0.3, 0.4) is 0 Å². The minimum Gasteiger partial charge on any atom is -0.458 e. The number of ether oxygens (including phenoxy) is 1. The second-order valence-electron chi connectivity index (χ2n) is 17.9. The van der Waals surface area contributed by atoms with E-state index in [0.29, 0.717) is 0 Å². The van der Waals surface area contributed by atoms with Crippen molar-refractivity contribution in [2.75, 3.05) is 7.05 Å². The van der Waals surface area contributed by atoms with Crippen LogP contribution in [0.2, 0.25) is 0 Å². The van der Waals surface area contributed by atoms with Crippen LogP contribution in [0, 0.1) is 6.33 Å². The average molecular weight is 826 g/mol. The lowest BCUT2D eigenvalue weighted by Gasteiger charge is -2.31. The van der Waals surface area contributed by atoms with Gasteiger partial charge in [0.25, 0.3) is 6.33 Å². The number of nitrogens with zero attached hydrogens (tertiary/aromatic N) is 5. The van der Waals surface area contributed by atoms with Crippen LogP contribution in [-0.4, -0.2) is 32.8 Å². The molecule has 0 spiro atoms. The van der Waals surface area contributed by atoms with E-state index in [1.54, 1.807) is 0 Å². The Morgan fingerprint density at radius 2 is 1.30 bits per heavy atom. The third kappa shape index (κ3) is 6.03. The van der Waals surface area contributed by atoms with Gasteiger partial charge in [-0.15, -0.1) is 0 Å². The summed E-state index contributed by atoms with van der Waals surface area (Å²) in [6, 6.07) is 62.7. The Balaban J connectivity index is 1.03. The van der Waals surface area contributed by atoms with Crippen molar-refractivity contribution in [1.29, 1.82) is 0 Å². The summed E-state index contributed by atoms with van der Waals surface area (Å²) in [6.07, 6.45) is 10.3. The van der Waals surface area contributed by atoms with Gasteiger partial charge in [-0.2, -0.15) is 0 Å². The normalized spacial score (nSPS) is 12.9. The van der Waals surface area contributed by atoms with Crippen molar-refractivity contribution >= 4 is 45.8 Å². The van der Waals surface area contributed by atoms with Crippen molar-refractivity contribution in [3.05, 3.63) is 206 Å². The summed E-state index contributed by atoms with van der Waals surface area (Å²) in [7, 11) is 2.18. The predicted molar refractivity (Wildman–Crippen MR) is 262 cm³/mol. The minimum absolute atomic E-state index is 0.0169. The largest absolute Gasteiger partial charge is 0.458 e. The molecule has 12 rings (SSSR count). The molecule has 0 radical (unpaired) electrons. The zero-order valence-electron chi connectivity index (χ0n) is 36.2. The van der Waals surface area contributed by atoms with Crippen molar-refractivity contribution in [1.82, 2.24) is 18.9 Å². The molecule has 306 valence electrons. The van der Waals surface area contributed by atoms with Crippen LogP contribution in [0.4, 0.5) is 0 Å². The second-order valence-corrected chi connectivity index (χ2v) is 17.9. The Hall–Kier alpha value is -7.90. The lowest BCUT2D eigenvalue weighted by atomic mass is 9.48. The van der Waals surface area contributed by atoms with Crippen molar-refractivity contribution in [2.24, 2.45) is 0 Å². The van der Waals surface area contributed by atoms with Crippen LogP contribution in [0.1, 0.15) is 32.0 Å². The van der Waals surface area contributed by atoms with Gasteiger partial charge in [0, 0.05) is 23.0 Å². The SMILES string of the molecule is CN1C=Cc2c3[n+]([c-]n2-c2cccc(Oc4ccc5c6ccccc6n(-c6cc(C(C)(C)C)ccn6)c5c4)c2)-c2c(-c4ccccc4)cccc2-c2ccccc2-c2ccccc2B31. The molecule has 2 aliphatic rings. The molecule has 0 bridgehead atoms. The van der Waals surface area contributed by atoms with E-state index in [-0.39, 0.29) is 12.3 Å². The molecule has 0 atom stereocenters. The van der Waals surface area contributed by atoms with Crippen LogP contribution in [-0.2, 0) is 5.41 Å². The fraction of sp³-hybridized carbons (Fsp3) is 0.0877. The molecule has 3 aromatic heterocycles. The van der Waals surface area contributed by atoms with E-state index in [9.17, 15) is 0 Å². The molecule has 7 heteroatoms. The molecule has 2 aliphatic heterocycles. The smallest absolute Gasteiger partial charge is 0.320 e. The highest BCUT2D eigenvalue weighted by Gasteiger charge is 2.38. The van der Waals surface area contributed by atoms with E-state index < -0.39 is 0 Å². The van der Waals surface area contributed by atoms with E-state index in [0.717, 1.165) is 73.1 Å². The molecule has 0 N–H and O–H groups in total. The summed E-state index contributed by atoms with van der Waals surface area (Å²) in [4.78, 5) is 7.23. The lowest BCUT2D eigenvalue weighted by Crippen LogP contribution is -2.65. The Labute approximate surface area is 373 Å². The van der Waals surface area contributed by atoms with Gasteiger partial charge in [0.05, 0.1) is 33.7 Å². The maximum absolute atomic E-state index is 6.82. The monoisotopic (exact) mass is 825 g/mol. The van der Waals surface area contributed by atoms with Crippen molar-refractivity contribution in [2.45, 2.75) is 26.2 Å². The molecule has 0 amide bonds. The van der Waals surface area contributed by atoms with E-state index in [4.69, 9.17) is 9.72 Å². The molecular formula is C57H44BN5O. The van der Waals surface area contributed by atoms with Gasteiger partial charge in [-0.05, 0) is 118 Å². The maximum atomic E-state index is 6.82. The van der Waals surface area contributed by atoms with Gasteiger partial charge in [0.2, 0.25) is 0 Å². The first-order valence-electron chi connectivity index (χ1n) is 22.0. The van der Waals surface area contributed by atoms with E-state index >= 15 is 0 Å². The molecule has 64 heavy (non-hydrogen) atoms. The number of pyridine rings is 1. The quantitative estimate of drug-likeness (QED) is 0.0986. The third-order valence-corrected chi connectivity index (χ3v) is 13.0. The van der Waals surface area contributed by atoms with Gasteiger partial charge >= 0.3 is 6.85 Å². The highest BCUT2D eigenvalue weighted by molar-refractivity contribution is 6.84. The summed E-state index contributed by atoms with van der Waals surface area (Å²) in [5.41, 5.74) is 15.9. The number of hydrogen-bond donors (Lipinski definition) is 0. The average Bonchev–Trinajstić information content (AvgIpc) is 3.88. The van der Waals surface area contributed by atoms with E-state index in [1.165, 1.54) is 33.1 Å². The highest BCUT2D eigenvalue weighted by atomic mass is 16.5. The third-order valence-electron chi connectivity index (χ3n) is 13.0. The first-order valence-corrected chi connectivity index (χ1v) is 22.0. The minimum atomic E-state index is -0.104. The Morgan fingerprint density at radius 3 is 2.14 bits per heavy atom. The summed E-state index contributed by atoms with van der Waals surface area (Å²) in [6.45, 7) is 6.61. The standard InChI is InChI=1S/C57H44BN5O/c1-57(2,3)39-30-32-59-54(34-39)63-51-27-13-11-23-47(51)48-29-28-42(36-53(48)63)64-41-19-14-18-40(35-41)61-37-62-55-43(38-16-6-5-7-17-38)24-15-25-49(55)45-21-9-8-20-44(45)46-22-10-12-26-50(46)58-56(62)52(61)31-33-60(58)4/h5-36H,1-4H3.